The summed E-state index contributed by atoms with van der Waals surface area (Å²) in [6.07, 6.45) is -5.64. The summed E-state index contributed by atoms with van der Waals surface area (Å²) in [6.45, 7) is 6.33. The fourth-order valence-corrected chi connectivity index (χ4v) is 14.9. The Hall–Kier alpha value is -11.9. The number of phenols is 1. The molecule has 0 aliphatic carbocycles. The van der Waals surface area contributed by atoms with Crippen LogP contribution in [0.5, 0.6) is 5.75 Å². The molecule has 6 aromatic carbocycles. The molecule has 646 valence electrons. The Labute approximate surface area is 702 Å². The maximum absolute atomic E-state index is 15.6. The van der Waals surface area contributed by atoms with Crippen LogP contribution >= 0.6 is 0 Å². The average Bonchev–Trinajstić information content (AvgIpc) is 1.04. The zero-order valence-corrected chi connectivity index (χ0v) is 68.3. The number of carbonyl (C=O) groups excluding carboxylic acids is 11. The smallest absolute Gasteiger partial charge is 0.246 e. The topological polar surface area (TPSA) is 493 Å². The van der Waals surface area contributed by atoms with Crippen molar-refractivity contribution in [3.05, 3.63) is 210 Å². The van der Waals surface area contributed by atoms with Gasteiger partial charge in [0, 0.05) is 57.8 Å². The molecule has 0 spiro atoms. The van der Waals surface area contributed by atoms with Crippen molar-refractivity contribution < 1.29 is 82.6 Å². The number of nitrogens with zero attached hydrogens (tertiary/aromatic N) is 4. The molecular weight excluding hydrogens is 1550 g/mol. The van der Waals surface area contributed by atoms with E-state index in [4.69, 9.17) is 20.9 Å². The minimum atomic E-state index is -1.76. The predicted molar refractivity (Wildman–Crippen MR) is 445 cm³/mol. The first-order chi connectivity index (χ1) is 58.2. The van der Waals surface area contributed by atoms with Gasteiger partial charge < -0.3 is 99.4 Å². The highest BCUT2D eigenvalue weighted by molar-refractivity contribution is 6.00. The fourth-order valence-electron chi connectivity index (χ4n) is 14.9. The Kier molecular flexibility index (Phi) is 34.0. The number of aliphatic hydroxyl groups is 3. The Balaban J connectivity index is 1.00. The van der Waals surface area contributed by atoms with Gasteiger partial charge in [0.1, 0.15) is 84.5 Å². The van der Waals surface area contributed by atoms with Gasteiger partial charge in [-0.1, -0.05) is 191 Å². The van der Waals surface area contributed by atoms with Crippen LogP contribution < -0.4 is 64.6 Å². The van der Waals surface area contributed by atoms with Gasteiger partial charge in [0.2, 0.25) is 65.0 Å². The maximum atomic E-state index is 15.6. The first kappa shape index (κ1) is 91.5. The van der Waals surface area contributed by atoms with Crippen molar-refractivity contribution in [2.24, 2.45) is 23.3 Å². The second-order valence-corrected chi connectivity index (χ2v) is 31.6. The quantitative estimate of drug-likeness (QED) is 0.0323. The van der Waals surface area contributed by atoms with Crippen molar-refractivity contribution in [3.63, 3.8) is 0 Å². The van der Waals surface area contributed by atoms with Crippen LogP contribution in [0.2, 0.25) is 0 Å². The second kappa shape index (κ2) is 45.0. The van der Waals surface area contributed by atoms with E-state index in [1.807, 2.05) is 68.4 Å². The molecule has 10 rings (SSSR count). The monoisotopic (exact) mass is 1660 g/mol. The lowest BCUT2D eigenvalue weighted by Crippen LogP contribution is -2.63. The molecule has 0 saturated carbocycles. The zero-order valence-electron chi connectivity index (χ0n) is 68.3. The Bertz CT molecular complexity index is 4590. The number of hydrogen-bond donors (Lipinski definition) is 16. The summed E-state index contributed by atoms with van der Waals surface area (Å²) in [7, 11) is 0. The molecule has 1 aromatic heterocycles. The van der Waals surface area contributed by atoms with Crippen LogP contribution in [0.15, 0.2) is 176 Å². The van der Waals surface area contributed by atoms with Crippen LogP contribution in [-0.2, 0) is 107 Å². The first-order valence-electron chi connectivity index (χ1n) is 41.1. The molecule has 3 fully saturated rings. The summed E-state index contributed by atoms with van der Waals surface area (Å²) in [5.74, 6) is -10.7. The van der Waals surface area contributed by atoms with E-state index < -0.39 is 188 Å². The summed E-state index contributed by atoms with van der Waals surface area (Å²) in [4.78, 5) is 166. The standard InChI is InChI=1S/C88H112N16O17/c1-52(2)43-65-80(112)99-70(47-56-23-13-7-14-24-56)87(119)104-40-18-28-71(104)85(117)98-67(45-55-21-11-6-12-22-55)82(114)96-66(44-54-19-9-5-10-20-54)81(113)97-69(48-61-50-103(102-101-61)41-42-120-88-75(77(109)76(108)72(51-105)121-88)91-49-58-29-33-60(34-30-58)59-25-15-8-16-26-59)83(115)92-64(37-38-73(90)107)79(111)95-68(46-57-31-35-62(106)36-32-57)84(116)100-74(53(3)4)86(118)93-63(27-17-39-89)78(110)94-65/h5-16,19-26,29-36,50,52-53,63-72,74-77,88,91,105-106,108-109H,17-18,27-28,37-49,51,89H2,1-4H3,(H2,90,107)(H,92,115)(H,93,118)(H,94,110)(H,95,111)(H,96,114)(H,97,113)(H,98,117)(H,99,112)(H,100,116)/t63-,64-,65-,66+,67-,68-,69-,70+,71-,72+,74-,75+,76-,77+,88+/m0/s1. The van der Waals surface area contributed by atoms with E-state index in [1.54, 1.807) is 105 Å². The molecular formula is C88H112N16O17. The van der Waals surface area contributed by atoms with Crippen molar-refractivity contribution in [1.29, 1.82) is 0 Å². The maximum Gasteiger partial charge on any atom is 0.246 e. The Morgan fingerprint density at radius 3 is 1.53 bits per heavy atom. The third-order valence-electron chi connectivity index (χ3n) is 21.5. The number of ether oxygens (including phenoxy) is 2. The lowest BCUT2D eigenvalue weighted by molar-refractivity contribution is -0.271. The Morgan fingerprint density at radius 1 is 0.537 bits per heavy atom. The van der Waals surface area contributed by atoms with Gasteiger partial charge in [-0.25, -0.2) is 4.68 Å². The molecule has 7 aromatic rings. The highest BCUT2D eigenvalue weighted by Gasteiger charge is 2.46. The van der Waals surface area contributed by atoms with Crippen molar-refractivity contribution in [2.75, 3.05) is 26.3 Å². The zero-order chi connectivity index (χ0) is 86.7. The molecule has 11 amide bonds. The second-order valence-electron chi connectivity index (χ2n) is 31.6. The number of aromatic hydroxyl groups is 1. The van der Waals surface area contributed by atoms with Gasteiger partial charge in [0.15, 0.2) is 6.29 Å². The first-order valence-corrected chi connectivity index (χ1v) is 41.1. The molecule has 15 atom stereocenters. The summed E-state index contributed by atoms with van der Waals surface area (Å²) in [5.41, 5.74) is 16.8. The molecule has 4 heterocycles. The van der Waals surface area contributed by atoms with Gasteiger partial charge in [-0.3, -0.25) is 52.7 Å². The molecule has 33 heteroatoms. The van der Waals surface area contributed by atoms with Gasteiger partial charge in [-0.2, -0.15) is 0 Å². The summed E-state index contributed by atoms with van der Waals surface area (Å²) in [6, 6.07) is 33.4. The van der Waals surface area contributed by atoms with Crippen molar-refractivity contribution in [1.82, 2.24) is 73.1 Å². The van der Waals surface area contributed by atoms with E-state index in [-0.39, 0.29) is 102 Å². The molecule has 0 unspecified atom stereocenters. The highest BCUT2D eigenvalue weighted by Crippen LogP contribution is 2.27. The number of aromatic nitrogens is 3. The lowest BCUT2D eigenvalue weighted by atomic mass is 9.96. The van der Waals surface area contributed by atoms with E-state index >= 15 is 33.6 Å². The predicted octanol–water partition coefficient (Wildman–Crippen LogP) is 0.852. The van der Waals surface area contributed by atoms with Gasteiger partial charge >= 0.3 is 0 Å². The van der Waals surface area contributed by atoms with Crippen LogP contribution in [0.3, 0.4) is 0 Å². The van der Waals surface area contributed by atoms with Crippen molar-refractivity contribution in [3.8, 4) is 16.9 Å². The Morgan fingerprint density at radius 2 is 0.992 bits per heavy atom. The van der Waals surface area contributed by atoms with Crippen molar-refractivity contribution >= 4 is 65.0 Å². The van der Waals surface area contributed by atoms with Crippen LogP contribution in [0.4, 0.5) is 0 Å². The number of hydrogen-bond acceptors (Lipinski definition) is 21. The van der Waals surface area contributed by atoms with E-state index in [0.29, 0.717) is 28.7 Å². The average molecular weight is 1670 g/mol. The van der Waals surface area contributed by atoms with Crippen LogP contribution in [0.25, 0.3) is 11.1 Å². The number of phenolic OH excluding ortho intramolecular Hbond substituents is 1. The van der Waals surface area contributed by atoms with E-state index in [2.05, 4.69) is 63.5 Å². The van der Waals surface area contributed by atoms with Gasteiger partial charge in [-0.15, -0.1) is 5.10 Å². The molecule has 3 aliphatic rings. The van der Waals surface area contributed by atoms with Crippen LogP contribution in [-0.4, -0.2) is 223 Å². The highest BCUT2D eigenvalue weighted by atomic mass is 16.7. The number of nitrogens with two attached hydrogens (primary N) is 2. The fraction of sp³-hybridized carbons (Fsp3) is 0.443. The number of primary amides is 1. The molecule has 121 heavy (non-hydrogen) atoms. The van der Waals surface area contributed by atoms with Gasteiger partial charge in [-0.05, 0) is 108 Å². The van der Waals surface area contributed by atoms with Crippen molar-refractivity contribution in [2.45, 2.75) is 209 Å². The number of benzene rings is 6. The number of carbonyl (C=O) groups is 11. The molecule has 3 aliphatic heterocycles. The number of aliphatic hydroxyl groups excluding tert-OH is 3. The molecule has 0 bridgehead atoms. The molecule has 18 N–H and O–H groups in total. The third kappa shape index (κ3) is 26.8. The summed E-state index contributed by atoms with van der Waals surface area (Å²) in [5, 5.41) is 80.0. The van der Waals surface area contributed by atoms with Crippen LogP contribution in [0, 0.1) is 11.8 Å². The minimum absolute atomic E-state index is 0.0469. The number of amides is 11. The van der Waals surface area contributed by atoms with Crippen LogP contribution in [0.1, 0.15) is 106 Å². The third-order valence-corrected chi connectivity index (χ3v) is 21.5. The largest absolute Gasteiger partial charge is 0.508 e. The summed E-state index contributed by atoms with van der Waals surface area (Å²) < 4.78 is 13.6. The van der Waals surface area contributed by atoms with Gasteiger partial charge in [0.25, 0.3) is 0 Å². The molecule has 3 saturated heterocycles. The molecule has 33 nitrogen and oxygen atoms in total. The SMILES string of the molecule is CC(C)C[C@@H]1NC(=O)[C@H](CCCN)NC(=O)[C@H](C(C)C)NC(=O)[C@H](Cc2ccc(O)cc2)NC(=O)[C@H](CCC(N)=O)NC(=O)[C@H](Cc2cn(CCO[C@@H]3O[C@H](CO)[C@H](O)[C@H](O)[C@H]3NCc3ccc(-c4ccccc4)cc3)nn2)NC(=O)[C@@H](Cc2ccccc2)NC(=O)[C@H](Cc2ccccc2)NC(=O)[C@@H]2CCCN2C(=O)[C@@H](Cc2ccccc2)NC1=O. The van der Waals surface area contributed by atoms with E-state index in [9.17, 15) is 39.6 Å². The summed E-state index contributed by atoms with van der Waals surface area (Å²) >= 11 is 0. The number of nitrogens with one attached hydrogen (secondary N) is 10. The number of rotatable bonds is 28. The molecule has 0 radical (unpaired) electrons. The van der Waals surface area contributed by atoms with E-state index in [0.717, 1.165) is 16.7 Å². The van der Waals surface area contributed by atoms with Gasteiger partial charge in [0.05, 0.1) is 31.5 Å². The normalized spacial score (nSPS) is 24.9. The van der Waals surface area contributed by atoms with E-state index in [1.165, 1.54) is 40.0 Å². The number of fused-ring (bicyclic) bond motifs is 1. The minimum Gasteiger partial charge on any atom is -0.508 e. The lowest BCUT2D eigenvalue weighted by Gasteiger charge is -2.42.